The van der Waals surface area contributed by atoms with Crippen molar-refractivity contribution in [3.8, 4) is 11.3 Å². The molecule has 0 bridgehead atoms. The van der Waals surface area contributed by atoms with E-state index in [4.69, 9.17) is 10.7 Å². The molecule has 0 radical (unpaired) electrons. The molecule has 1 aromatic carbocycles. The maximum Gasteiger partial charge on any atom is 0.203 e. The number of benzene rings is 1. The smallest absolute Gasteiger partial charge is 0.203 e. The van der Waals surface area contributed by atoms with Crippen LogP contribution < -0.4 is 11.1 Å². The Kier molecular flexibility index (Phi) is 2.80. The maximum atomic E-state index is 5.92. The van der Waals surface area contributed by atoms with E-state index in [1.165, 1.54) is 11.1 Å². The number of nitrogens with one attached hydrogen (secondary N) is 1. The minimum absolute atomic E-state index is 0.526. The van der Waals surface area contributed by atoms with Crippen molar-refractivity contribution in [2.75, 3.05) is 11.9 Å². The summed E-state index contributed by atoms with van der Waals surface area (Å²) in [5.41, 5.74) is 10.5. The fourth-order valence-electron chi connectivity index (χ4n) is 2.56. The summed E-state index contributed by atoms with van der Waals surface area (Å²) in [4.78, 5) is 4.72. The summed E-state index contributed by atoms with van der Waals surface area (Å²) in [6.45, 7) is 4.64. The lowest BCUT2D eigenvalue weighted by Gasteiger charge is -2.17. The van der Waals surface area contributed by atoms with Gasteiger partial charge in [0.1, 0.15) is 0 Å². The Hall–Kier alpha value is -1.81. The fourth-order valence-corrected chi connectivity index (χ4v) is 2.56. The van der Waals surface area contributed by atoms with Crippen molar-refractivity contribution < 1.29 is 0 Å². The van der Waals surface area contributed by atoms with Gasteiger partial charge in [-0.15, -0.1) is 0 Å². The van der Waals surface area contributed by atoms with E-state index in [0.717, 1.165) is 36.8 Å². The lowest BCUT2D eigenvalue weighted by Crippen LogP contribution is -2.19. The summed E-state index contributed by atoms with van der Waals surface area (Å²) < 4.78 is 2.21. The molecule has 94 valence electrons. The van der Waals surface area contributed by atoms with Gasteiger partial charge >= 0.3 is 0 Å². The summed E-state index contributed by atoms with van der Waals surface area (Å²) in [5.74, 6) is 0.958. The van der Waals surface area contributed by atoms with Crippen LogP contribution in [-0.4, -0.2) is 16.1 Å². The van der Waals surface area contributed by atoms with Crippen LogP contribution in [0, 0.1) is 6.92 Å². The van der Waals surface area contributed by atoms with Crippen LogP contribution in [-0.2, 0) is 13.1 Å². The zero-order valence-electron chi connectivity index (χ0n) is 10.6. The average Bonchev–Trinajstić information content (AvgIpc) is 2.77. The zero-order valence-corrected chi connectivity index (χ0v) is 10.6. The van der Waals surface area contributed by atoms with Crippen LogP contribution in [0.15, 0.2) is 24.3 Å². The van der Waals surface area contributed by atoms with E-state index in [1.54, 1.807) is 0 Å². The first-order valence-corrected chi connectivity index (χ1v) is 6.40. The molecule has 4 nitrogen and oxygen atoms in total. The van der Waals surface area contributed by atoms with Gasteiger partial charge in [-0.05, 0) is 18.9 Å². The normalized spacial score (nSPS) is 14.1. The zero-order chi connectivity index (χ0) is 12.5. The number of hydrogen-bond acceptors (Lipinski definition) is 3. The van der Waals surface area contributed by atoms with Gasteiger partial charge < -0.3 is 15.6 Å². The van der Waals surface area contributed by atoms with Gasteiger partial charge in [0.25, 0.3) is 0 Å². The lowest BCUT2D eigenvalue weighted by atomic mass is 10.0. The van der Waals surface area contributed by atoms with Crippen molar-refractivity contribution in [3.05, 3.63) is 35.5 Å². The molecule has 0 saturated heterocycles. The van der Waals surface area contributed by atoms with Gasteiger partial charge in [-0.1, -0.05) is 24.3 Å². The minimum atomic E-state index is 0.526. The van der Waals surface area contributed by atoms with Crippen molar-refractivity contribution in [1.29, 1.82) is 0 Å². The average molecular weight is 242 g/mol. The molecule has 0 saturated carbocycles. The Balaban J connectivity index is 2.18. The van der Waals surface area contributed by atoms with Crippen molar-refractivity contribution in [3.63, 3.8) is 0 Å². The fraction of sp³-hybridized carbons (Fsp3) is 0.357. The number of rotatable bonds is 2. The third-order valence-electron chi connectivity index (χ3n) is 3.51. The maximum absolute atomic E-state index is 5.92. The molecule has 3 N–H and O–H groups in total. The summed E-state index contributed by atoms with van der Waals surface area (Å²) in [6.07, 6.45) is 1.13. The highest BCUT2D eigenvalue weighted by molar-refractivity contribution is 5.68. The van der Waals surface area contributed by atoms with E-state index in [9.17, 15) is 0 Å². The van der Waals surface area contributed by atoms with Crippen LogP contribution in [0.5, 0.6) is 0 Å². The molecular weight excluding hydrogens is 224 g/mol. The molecule has 1 aliphatic heterocycles. The number of hydrogen-bond donors (Lipinski definition) is 2. The largest absolute Gasteiger partial charge is 0.356 e. The molecule has 18 heavy (non-hydrogen) atoms. The highest BCUT2D eigenvalue weighted by Crippen LogP contribution is 2.30. The van der Waals surface area contributed by atoms with E-state index >= 15 is 0 Å². The molecule has 0 spiro atoms. The second-order valence-electron chi connectivity index (χ2n) is 4.68. The van der Waals surface area contributed by atoms with Gasteiger partial charge in [0.05, 0.1) is 11.4 Å². The van der Waals surface area contributed by atoms with E-state index in [2.05, 4.69) is 35.0 Å². The van der Waals surface area contributed by atoms with Gasteiger partial charge in [-0.3, -0.25) is 0 Å². The van der Waals surface area contributed by atoms with E-state index in [1.807, 2.05) is 6.07 Å². The summed E-state index contributed by atoms with van der Waals surface area (Å²) in [5, 5.41) is 3.34. The van der Waals surface area contributed by atoms with E-state index in [0.29, 0.717) is 6.54 Å². The number of nitrogens with two attached hydrogens (primary N) is 1. The van der Waals surface area contributed by atoms with E-state index < -0.39 is 0 Å². The van der Waals surface area contributed by atoms with Gasteiger partial charge in [0, 0.05) is 25.2 Å². The molecular formula is C14H18N4. The topological polar surface area (TPSA) is 55.9 Å². The SMILES string of the molecule is Cc1ccccc1-c1nc2n(c1CN)CCCN2. The number of nitrogens with zero attached hydrogens (tertiary/aromatic N) is 2. The predicted molar refractivity (Wildman–Crippen MR) is 73.4 cm³/mol. The summed E-state index contributed by atoms with van der Waals surface area (Å²) in [7, 11) is 0. The van der Waals surface area contributed by atoms with Gasteiger partial charge in [-0.2, -0.15) is 0 Å². The molecule has 0 fully saturated rings. The standard InChI is InChI=1S/C14H18N4/c1-10-5-2-3-6-11(10)13-12(9-15)18-8-4-7-16-14(18)17-13/h2-3,5-6H,4,7-9,15H2,1H3,(H,16,17). The number of fused-ring (bicyclic) bond motifs is 1. The highest BCUT2D eigenvalue weighted by atomic mass is 15.2. The second kappa shape index (κ2) is 4.46. The molecule has 2 aromatic rings. The third kappa shape index (κ3) is 1.69. The molecule has 1 aliphatic rings. The van der Waals surface area contributed by atoms with Crippen molar-refractivity contribution in [2.45, 2.75) is 26.4 Å². The van der Waals surface area contributed by atoms with Crippen LogP contribution in [0.25, 0.3) is 11.3 Å². The monoisotopic (exact) mass is 242 g/mol. The first-order chi connectivity index (χ1) is 8.81. The molecule has 1 aromatic heterocycles. The Morgan fingerprint density at radius 1 is 1.39 bits per heavy atom. The third-order valence-corrected chi connectivity index (χ3v) is 3.51. The van der Waals surface area contributed by atoms with Crippen molar-refractivity contribution in [2.24, 2.45) is 5.73 Å². The Morgan fingerprint density at radius 2 is 2.22 bits per heavy atom. The van der Waals surface area contributed by atoms with Gasteiger partial charge in [0.15, 0.2) is 0 Å². The number of aryl methyl sites for hydroxylation is 1. The van der Waals surface area contributed by atoms with Crippen LogP contribution in [0.3, 0.4) is 0 Å². The van der Waals surface area contributed by atoms with Crippen LogP contribution in [0.2, 0.25) is 0 Å². The predicted octanol–water partition coefficient (Wildman–Crippen LogP) is 2.13. The Labute approximate surface area is 107 Å². The van der Waals surface area contributed by atoms with Gasteiger partial charge in [-0.25, -0.2) is 4.98 Å². The minimum Gasteiger partial charge on any atom is -0.356 e. The van der Waals surface area contributed by atoms with E-state index in [-0.39, 0.29) is 0 Å². The summed E-state index contributed by atoms with van der Waals surface area (Å²) >= 11 is 0. The number of imidazole rings is 1. The van der Waals surface area contributed by atoms with Gasteiger partial charge in [0.2, 0.25) is 5.95 Å². The van der Waals surface area contributed by atoms with Crippen molar-refractivity contribution in [1.82, 2.24) is 9.55 Å². The lowest BCUT2D eigenvalue weighted by molar-refractivity contribution is 0.604. The molecule has 4 heteroatoms. The molecule has 2 heterocycles. The first kappa shape index (κ1) is 11.3. The Morgan fingerprint density at radius 3 is 3.00 bits per heavy atom. The van der Waals surface area contributed by atoms with Crippen LogP contribution in [0.4, 0.5) is 5.95 Å². The molecule has 0 amide bonds. The number of aromatic nitrogens is 2. The number of anilines is 1. The van der Waals surface area contributed by atoms with Crippen LogP contribution >= 0.6 is 0 Å². The second-order valence-corrected chi connectivity index (χ2v) is 4.68. The molecule has 3 rings (SSSR count). The molecule has 0 unspecified atom stereocenters. The Bertz CT molecular complexity index is 571. The summed E-state index contributed by atoms with van der Waals surface area (Å²) in [6, 6.07) is 8.33. The first-order valence-electron chi connectivity index (χ1n) is 6.40. The molecule has 0 atom stereocenters. The van der Waals surface area contributed by atoms with Crippen LogP contribution in [0.1, 0.15) is 17.7 Å². The quantitative estimate of drug-likeness (QED) is 0.848. The highest BCUT2D eigenvalue weighted by Gasteiger charge is 2.20. The molecule has 0 aliphatic carbocycles. The van der Waals surface area contributed by atoms with Crippen molar-refractivity contribution >= 4 is 5.95 Å².